The second-order valence-electron chi connectivity index (χ2n) is 6.71. The number of rotatable bonds is 6. The Labute approximate surface area is 156 Å². The summed E-state index contributed by atoms with van der Waals surface area (Å²) in [4.78, 5) is 12.2. The van der Waals surface area contributed by atoms with Crippen LogP contribution in [0.1, 0.15) is 47.2 Å². The van der Waals surface area contributed by atoms with Gasteiger partial charge in [0.15, 0.2) is 0 Å². The maximum Gasteiger partial charge on any atom is 0.244 e. The third-order valence-electron chi connectivity index (χ3n) is 4.36. The van der Waals surface area contributed by atoms with Crippen molar-refractivity contribution in [2.45, 2.75) is 48.0 Å². The van der Waals surface area contributed by atoms with E-state index in [1.165, 1.54) is 5.56 Å². The predicted molar refractivity (Wildman–Crippen MR) is 107 cm³/mol. The Morgan fingerprint density at radius 2 is 1.69 bits per heavy atom. The normalized spacial score (nSPS) is 11.4. The minimum absolute atomic E-state index is 0.115. The average molecular weight is 352 g/mol. The van der Waals surface area contributed by atoms with Crippen molar-refractivity contribution >= 4 is 11.6 Å². The lowest BCUT2D eigenvalue weighted by atomic mass is 10.0. The Balaban J connectivity index is 2.08. The lowest BCUT2D eigenvalue weighted by molar-refractivity contribution is -0.120. The van der Waals surface area contributed by atoms with E-state index in [4.69, 9.17) is 4.74 Å². The van der Waals surface area contributed by atoms with Crippen LogP contribution < -0.4 is 10.2 Å². The second kappa shape index (κ2) is 8.65. The Bertz CT molecular complexity index is 815. The molecule has 0 bridgehead atoms. The predicted octanol–water partition coefficient (Wildman–Crippen LogP) is 4.40. The molecule has 4 nitrogen and oxygen atoms in total. The average Bonchev–Trinajstić information content (AvgIpc) is 2.58. The zero-order valence-corrected chi connectivity index (χ0v) is 16.6. The van der Waals surface area contributed by atoms with Crippen LogP contribution in [0.5, 0.6) is 5.75 Å². The van der Waals surface area contributed by atoms with E-state index in [9.17, 15) is 4.79 Å². The van der Waals surface area contributed by atoms with Gasteiger partial charge in [0.2, 0.25) is 5.91 Å². The minimum atomic E-state index is -0.115. The van der Waals surface area contributed by atoms with Gasteiger partial charge in [-0.3, -0.25) is 4.79 Å². The van der Waals surface area contributed by atoms with Crippen LogP contribution in [0.3, 0.4) is 0 Å². The third kappa shape index (κ3) is 4.94. The van der Waals surface area contributed by atoms with E-state index in [1.54, 1.807) is 0 Å². The van der Waals surface area contributed by atoms with Crippen molar-refractivity contribution in [1.82, 2.24) is 5.43 Å². The van der Waals surface area contributed by atoms with Crippen LogP contribution in [0.4, 0.5) is 0 Å². The molecule has 4 heteroatoms. The second-order valence-corrected chi connectivity index (χ2v) is 6.71. The molecule has 2 aromatic carbocycles. The molecule has 2 aromatic rings. The minimum Gasteiger partial charge on any atom is -0.493 e. The third-order valence-corrected chi connectivity index (χ3v) is 4.36. The van der Waals surface area contributed by atoms with Crippen molar-refractivity contribution in [3.63, 3.8) is 0 Å². The molecule has 0 fully saturated rings. The van der Waals surface area contributed by atoms with Crippen LogP contribution in [0.2, 0.25) is 0 Å². The van der Waals surface area contributed by atoms with Crippen LogP contribution in [-0.4, -0.2) is 18.2 Å². The van der Waals surface area contributed by atoms with E-state index >= 15 is 0 Å². The van der Waals surface area contributed by atoms with E-state index in [2.05, 4.69) is 16.6 Å². The van der Waals surface area contributed by atoms with Crippen molar-refractivity contribution in [2.75, 3.05) is 6.61 Å². The maximum absolute atomic E-state index is 12.2. The highest BCUT2D eigenvalue weighted by molar-refractivity contribution is 5.99. The molecule has 0 radical (unpaired) electrons. The topological polar surface area (TPSA) is 50.7 Å². The molecule has 0 heterocycles. The highest BCUT2D eigenvalue weighted by atomic mass is 16.5. The van der Waals surface area contributed by atoms with E-state index in [0.717, 1.165) is 39.3 Å². The van der Waals surface area contributed by atoms with Crippen molar-refractivity contribution in [1.29, 1.82) is 0 Å². The molecule has 1 N–H and O–H groups in total. The fraction of sp³-hybridized carbons (Fsp3) is 0.364. The maximum atomic E-state index is 12.2. The number of aryl methyl sites for hydroxylation is 4. The number of hydrazone groups is 1. The first-order valence-corrected chi connectivity index (χ1v) is 8.95. The molecule has 0 saturated heterocycles. The number of hydrogen-bond acceptors (Lipinski definition) is 3. The van der Waals surface area contributed by atoms with Gasteiger partial charge in [-0.1, -0.05) is 23.8 Å². The summed E-state index contributed by atoms with van der Waals surface area (Å²) >= 11 is 0. The molecular formula is C22H28N2O2. The van der Waals surface area contributed by atoms with Gasteiger partial charge in [-0.2, -0.15) is 5.10 Å². The zero-order valence-electron chi connectivity index (χ0n) is 16.6. The summed E-state index contributed by atoms with van der Waals surface area (Å²) in [5.74, 6) is 0.804. The van der Waals surface area contributed by atoms with Crippen LogP contribution in [0.15, 0.2) is 35.4 Å². The van der Waals surface area contributed by atoms with Crippen molar-refractivity contribution < 1.29 is 9.53 Å². The van der Waals surface area contributed by atoms with E-state index in [0.29, 0.717) is 13.0 Å². The van der Waals surface area contributed by atoms with Gasteiger partial charge in [0, 0.05) is 0 Å². The largest absolute Gasteiger partial charge is 0.493 e. The molecule has 0 spiro atoms. The van der Waals surface area contributed by atoms with Gasteiger partial charge >= 0.3 is 0 Å². The number of ether oxygens (including phenoxy) is 1. The van der Waals surface area contributed by atoms with Gasteiger partial charge in [0.25, 0.3) is 0 Å². The number of nitrogens with one attached hydrogen (secondary N) is 1. The molecule has 0 saturated carbocycles. The first-order chi connectivity index (χ1) is 12.3. The molecule has 1 amide bonds. The smallest absolute Gasteiger partial charge is 0.244 e. The molecule has 0 unspecified atom stereocenters. The SMILES string of the molecule is CCOc1c(C)cc(/C(C)=N\NC(=O)Cc2ccc(C)cc2C)cc1C. The van der Waals surface area contributed by atoms with Gasteiger partial charge in [-0.25, -0.2) is 5.43 Å². The molecule has 0 atom stereocenters. The Morgan fingerprint density at radius 3 is 2.27 bits per heavy atom. The monoisotopic (exact) mass is 352 g/mol. The van der Waals surface area contributed by atoms with Gasteiger partial charge in [0.1, 0.15) is 5.75 Å². The standard InChI is InChI=1S/C22H28N2O2/c1-7-26-22-16(4)11-20(12-17(22)5)18(6)23-24-21(25)13-19-9-8-14(2)10-15(19)3/h8-12H,7,13H2,1-6H3,(H,24,25)/b23-18-. The number of benzene rings is 2. The summed E-state index contributed by atoms with van der Waals surface area (Å²) in [6.07, 6.45) is 0.324. The molecular weight excluding hydrogens is 324 g/mol. The Kier molecular flexibility index (Phi) is 6.56. The molecule has 138 valence electrons. The summed E-state index contributed by atoms with van der Waals surface area (Å²) in [6, 6.07) is 10.2. The van der Waals surface area contributed by atoms with Crippen LogP contribution in [0, 0.1) is 27.7 Å². The molecule has 2 rings (SSSR count). The van der Waals surface area contributed by atoms with Crippen LogP contribution in [-0.2, 0) is 11.2 Å². The number of hydrogen-bond donors (Lipinski definition) is 1. The summed E-state index contributed by atoms with van der Waals surface area (Å²) in [5, 5.41) is 4.27. The summed E-state index contributed by atoms with van der Waals surface area (Å²) < 4.78 is 5.68. The lowest BCUT2D eigenvalue weighted by Crippen LogP contribution is -2.21. The first kappa shape index (κ1) is 19.7. The zero-order chi connectivity index (χ0) is 19.3. The van der Waals surface area contributed by atoms with Gasteiger partial charge in [0.05, 0.1) is 18.7 Å². The molecule has 0 aromatic heterocycles. The summed E-state index contributed by atoms with van der Waals surface area (Å²) in [5.41, 5.74) is 9.90. The fourth-order valence-electron chi connectivity index (χ4n) is 3.00. The summed E-state index contributed by atoms with van der Waals surface area (Å²) in [6.45, 7) is 12.6. The van der Waals surface area contributed by atoms with Gasteiger partial charge in [-0.15, -0.1) is 0 Å². The molecule has 0 aliphatic heterocycles. The van der Waals surface area contributed by atoms with Gasteiger partial charge in [-0.05, 0) is 81.5 Å². The molecule has 26 heavy (non-hydrogen) atoms. The van der Waals surface area contributed by atoms with Crippen LogP contribution >= 0.6 is 0 Å². The Hall–Kier alpha value is -2.62. The summed E-state index contributed by atoms with van der Waals surface area (Å²) in [7, 11) is 0. The highest BCUT2D eigenvalue weighted by Gasteiger charge is 2.09. The first-order valence-electron chi connectivity index (χ1n) is 8.95. The fourth-order valence-corrected chi connectivity index (χ4v) is 3.00. The molecule has 0 aliphatic carbocycles. The number of carbonyl (C=O) groups is 1. The number of carbonyl (C=O) groups excluding carboxylic acids is 1. The van der Waals surface area contributed by atoms with Crippen LogP contribution in [0.25, 0.3) is 0 Å². The molecule has 0 aliphatic rings. The van der Waals surface area contributed by atoms with E-state index in [-0.39, 0.29) is 5.91 Å². The van der Waals surface area contributed by atoms with Crippen molar-refractivity contribution in [2.24, 2.45) is 5.10 Å². The quantitative estimate of drug-likeness (QED) is 0.619. The van der Waals surface area contributed by atoms with Crippen molar-refractivity contribution in [3.05, 3.63) is 63.7 Å². The lowest BCUT2D eigenvalue weighted by Gasteiger charge is -2.13. The number of nitrogens with zero attached hydrogens (tertiary/aromatic N) is 1. The van der Waals surface area contributed by atoms with E-state index in [1.807, 2.05) is 65.8 Å². The Morgan fingerprint density at radius 1 is 1.04 bits per heavy atom. The van der Waals surface area contributed by atoms with E-state index < -0.39 is 0 Å². The van der Waals surface area contributed by atoms with Crippen molar-refractivity contribution in [3.8, 4) is 5.75 Å². The highest BCUT2D eigenvalue weighted by Crippen LogP contribution is 2.25. The number of amides is 1. The van der Waals surface area contributed by atoms with Gasteiger partial charge < -0.3 is 4.74 Å².